The predicted octanol–water partition coefficient (Wildman–Crippen LogP) is 2.42. The Hall–Kier alpha value is -2.41. The molecule has 3 rings (SSSR count). The van der Waals surface area contributed by atoms with Crippen molar-refractivity contribution in [1.82, 2.24) is 10.2 Å². The zero-order chi connectivity index (χ0) is 20.6. The number of benzene rings is 1. The predicted molar refractivity (Wildman–Crippen MR) is 114 cm³/mol. The number of hydrogen-bond donors (Lipinski definition) is 1. The van der Waals surface area contributed by atoms with Gasteiger partial charge in [-0.3, -0.25) is 9.80 Å². The van der Waals surface area contributed by atoms with Gasteiger partial charge in [-0.25, -0.2) is 4.79 Å². The summed E-state index contributed by atoms with van der Waals surface area (Å²) in [6.45, 7) is 8.29. The van der Waals surface area contributed by atoms with E-state index in [0.29, 0.717) is 18.2 Å². The van der Waals surface area contributed by atoms with Crippen molar-refractivity contribution in [2.75, 3.05) is 37.8 Å². The van der Waals surface area contributed by atoms with Crippen LogP contribution in [0, 0.1) is 5.92 Å². The largest absolute Gasteiger partial charge is 0.461 e. The van der Waals surface area contributed by atoms with E-state index < -0.39 is 12.0 Å². The van der Waals surface area contributed by atoms with Crippen LogP contribution in [-0.4, -0.2) is 61.3 Å². The SMILES string of the molecule is CCCN1CCC(CNC(=O)C2CC(C(=O)OCC)=NN2c2ccccc2)CC1. The average molecular weight is 401 g/mol. The van der Waals surface area contributed by atoms with E-state index in [2.05, 4.69) is 22.2 Å². The summed E-state index contributed by atoms with van der Waals surface area (Å²) in [6, 6.07) is 8.95. The Labute approximate surface area is 173 Å². The highest BCUT2D eigenvalue weighted by Gasteiger charge is 2.37. The molecule has 158 valence electrons. The summed E-state index contributed by atoms with van der Waals surface area (Å²) in [5.41, 5.74) is 1.09. The number of rotatable bonds is 8. The average Bonchev–Trinajstić information content (AvgIpc) is 3.20. The normalized spacial score (nSPS) is 20.4. The highest BCUT2D eigenvalue weighted by atomic mass is 16.5. The molecule has 1 N–H and O–H groups in total. The fourth-order valence-corrected chi connectivity index (χ4v) is 3.96. The van der Waals surface area contributed by atoms with Crippen molar-refractivity contribution in [3.05, 3.63) is 30.3 Å². The number of anilines is 1. The van der Waals surface area contributed by atoms with E-state index in [1.54, 1.807) is 11.9 Å². The number of nitrogens with one attached hydrogen (secondary N) is 1. The van der Waals surface area contributed by atoms with Gasteiger partial charge in [-0.2, -0.15) is 5.10 Å². The first-order valence-electron chi connectivity index (χ1n) is 10.7. The van der Waals surface area contributed by atoms with Crippen molar-refractivity contribution in [3.63, 3.8) is 0 Å². The number of esters is 1. The van der Waals surface area contributed by atoms with Gasteiger partial charge in [0, 0.05) is 13.0 Å². The molecule has 1 saturated heterocycles. The van der Waals surface area contributed by atoms with Crippen molar-refractivity contribution >= 4 is 23.3 Å². The number of amides is 1. The molecule has 1 aromatic rings. The lowest BCUT2D eigenvalue weighted by Crippen LogP contribution is -2.45. The van der Waals surface area contributed by atoms with Crippen LogP contribution in [0.1, 0.15) is 39.5 Å². The molecular formula is C22H32N4O3. The quantitative estimate of drug-likeness (QED) is 0.679. The zero-order valence-corrected chi connectivity index (χ0v) is 17.5. The molecule has 1 amide bonds. The lowest BCUT2D eigenvalue weighted by atomic mass is 9.96. The molecule has 7 nitrogen and oxygen atoms in total. The first-order valence-corrected chi connectivity index (χ1v) is 10.7. The van der Waals surface area contributed by atoms with Crippen molar-refractivity contribution in [3.8, 4) is 0 Å². The maximum Gasteiger partial charge on any atom is 0.354 e. The van der Waals surface area contributed by atoms with Gasteiger partial charge in [-0.1, -0.05) is 25.1 Å². The molecule has 2 heterocycles. The Bertz CT molecular complexity index is 714. The monoisotopic (exact) mass is 400 g/mol. The first-order chi connectivity index (χ1) is 14.1. The van der Waals surface area contributed by atoms with E-state index in [4.69, 9.17) is 4.74 Å². The number of hydrazone groups is 1. The highest BCUT2D eigenvalue weighted by molar-refractivity contribution is 6.38. The number of nitrogens with zero attached hydrogens (tertiary/aromatic N) is 3. The lowest BCUT2D eigenvalue weighted by molar-refractivity contribution is -0.135. The van der Waals surface area contributed by atoms with E-state index in [0.717, 1.165) is 38.2 Å². The Morgan fingerprint density at radius 2 is 1.90 bits per heavy atom. The van der Waals surface area contributed by atoms with E-state index in [1.807, 2.05) is 30.3 Å². The van der Waals surface area contributed by atoms with Crippen LogP contribution < -0.4 is 10.3 Å². The molecule has 0 aliphatic carbocycles. The lowest BCUT2D eigenvalue weighted by Gasteiger charge is -2.32. The molecule has 0 radical (unpaired) electrons. The highest BCUT2D eigenvalue weighted by Crippen LogP contribution is 2.25. The van der Waals surface area contributed by atoms with Crippen LogP contribution in [0.25, 0.3) is 0 Å². The number of carbonyl (C=O) groups is 2. The molecule has 0 spiro atoms. The Balaban J connectivity index is 1.60. The van der Waals surface area contributed by atoms with Crippen LogP contribution in [0.2, 0.25) is 0 Å². The number of carbonyl (C=O) groups excluding carboxylic acids is 2. The van der Waals surface area contributed by atoms with Gasteiger partial charge >= 0.3 is 5.97 Å². The van der Waals surface area contributed by atoms with Crippen LogP contribution in [0.3, 0.4) is 0 Å². The molecule has 29 heavy (non-hydrogen) atoms. The number of likely N-dealkylation sites (tertiary alicyclic amines) is 1. The first kappa shape index (κ1) is 21.3. The molecule has 1 unspecified atom stereocenters. The summed E-state index contributed by atoms with van der Waals surface area (Å²) >= 11 is 0. The third kappa shape index (κ3) is 5.56. The molecule has 1 atom stereocenters. The van der Waals surface area contributed by atoms with Gasteiger partial charge in [0.15, 0.2) is 0 Å². The summed E-state index contributed by atoms with van der Waals surface area (Å²) in [5, 5.41) is 9.16. The van der Waals surface area contributed by atoms with Crippen molar-refractivity contribution < 1.29 is 14.3 Å². The Morgan fingerprint density at radius 1 is 1.17 bits per heavy atom. The van der Waals surface area contributed by atoms with E-state index in [9.17, 15) is 9.59 Å². The number of ether oxygens (including phenoxy) is 1. The summed E-state index contributed by atoms with van der Waals surface area (Å²) in [6.07, 6.45) is 3.66. The van der Waals surface area contributed by atoms with Crippen LogP contribution in [0.15, 0.2) is 35.4 Å². The molecule has 2 aliphatic heterocycles. The third-order valence-corrected chi connectivity index (χ3v) is 5.56. The molecule has 7 heteroatoms. The molecular weight excluding hydrogens is 368 g/mol. The minimum Gasteiger partial charge on any atom is -0.461 e. The topological polar surface area (TPSA) is 74.2 Å². The van der Waals surface area contributed by atoms with Crippen molar-refractivity contribution in [1.29, 1.82) is 0 Å². The fourth-order valence-electron chi connectivity index (χ4n) is 3.96. The number of hydrogen-bond acceptors (Lipinski definition) is 6. The van der Waals surface area contributed by atoms with E-state index >= 15 is 0 Å². The summed E-state index contributed by atoms with van der Waals surface area (Å²) < 4.78 is 5.09. The summed E-state index contributed by atoms with van der Waals surface area (Å²) in [5.74, 6) is -0.0380. The van der Waals surface area contributed by atoms with Gasteiger partial charge in [0.2, 0.25) is 5.91 Å². The molecule has 0 bridgehead atoms. The van der Waals surface area contributed by atoms with Crippen LogP contribution in [0.4, 0.5) is 5.69 Å². The maximum atomic E-state index is 13.0. The van der Waals surface area contributed by atoms with Gasteiger partial charge in [-0.15, -0.1) is 0 Å². The smallest absolute Gasteiger partial charge is 0.354 e. The fraction of sp³-hybridized carbons (Fsp3) is 0.591. The Morgan fingerprint density at radius 3 is 2.55 bits per heavy atom. The van der Waals surface area contributed by atoms with Crippen LogP contribution in [0.5, 0.6) is 0 Å². The third-order valence-electron chi connectivity index (χ3n) is 5.56. The van der Waals surface area contributed by atoms with E-state index in [1.165, 1.54) is 6.42 Å². The van der Waals surface area contributed by atoms with Crippen LogP contribution >= 0.6 is 0 Å². The molecule has 0 aromatic heterocycles. The van der Waals surface area contributed by atoms with Gasteiger partial charge < -0.3 is 15.0 Å². The van der Waals surface area contributed by atoms with Crippen molar-refractivity contribution in [2.24, 2.45) is 11.0 Å². The zero-order valence-electron chi connectivity index (χ0n) is 17.5. The standard InChI is InChI=1S/C22H32N4O3/c1-3-12-25-13-10-17(11-14-25)16-23-21(27)20-15-19(22(28)29-4-2)24-26(20)18-8-6-5-7-9-18/h5-9,17,20H,3-4,10-16H2,1-2H3,(H,23,27). The minimum atomic E-state index is -0.531. The van der Waals surface area contributed by atoms with Gasteiger partial charge in [0.25, 0.3) is 0 Å². The summed E-state index contributed by atoms with van der Waals surface area (Å²) in [7, 11) is 0. The minimum absolute atomic E-state index is 0.0899. The van der Waals surface area contributed by atoms with Gasteiger partial charge in [0.05, 0.1) is 12.3 Å². The molecule has 2 aliphatic rings. The van der Waals surface area contributed by atoms with Crippen molar-refractivity contribution in [2.45, 2.75) is 45.6 Å². The number of para-hydroxylation sites is 1. The summed E-state index contributed by atoms with van der Waals surface area (Å²) in [4.78, 5) is 27.6. The van der Waals surface area contributed by atoms with Gasteiger partial charge in [0.1, 0.15) is 11.8 Å². The molecule has 1 aromatic carbocycles. The molecule has 1 fully saturated rings. The van der Waals surface area contributed by atoms with Gasteiger partial charge in [-0.05, 0) is 63.9 Å². The second-order valence-corrected chi connectivity index (χ2v) is 7.70. The number of piperidine rings is 1. The second-order valence-electron chi connectivity index (χ2n) is 7.70. The molecule has 0 saturated carbocycles. The maximum absolute atomic E-state index is 13.0. The van der Waals surface area contributed by atoms with Crippen LogP contribution in [-0.2, 0) is 14.3 Å². The Kier molecular flexibility index (Phi) is 7.63. The second kappa shape index (κ2) is 10.4. The van der Waals surface area contributed by atoms with E-state index in [-0.39, 0.29) is 18.9 Å².